The van der Waals surface area contributed by atoms with Gasteiger partial charge in [-0.05, 0) is 31.9 Å². The van der Waals surface area contributed by atoms with Crippen LogP contribution in [-0.4, -0.2) is 17.3 Å². The van der Waals surface area contributed by atoms with Crippen molar-refractivity contribution in [1.82, 2.24) is 4.73 Å². The van der Waals surface area contributed by atoms with Gasteiger partial charge in [-0.15, -0.1) is 0 Å². The number of fused-ring (bicyclic) bond motifs is 1. The molecule has 0 fully saturated rings. The monoisotopic (exact) mass is 288 g/mol. The van der Waals surface area contributed by atoms with Gasteiger partial charge in [-0.1, -0.05) is 25.5 Å². The van der Waals surface area contributed by atoms with Crippen molar-refractivity contribution in [3.63, 3.8) is 0 Å². The van der Waals surface area contributed by atoms with Crippen LogP contribution in [0.3, 0.4) is 0 Å². The molecule has 0 radical (unpaired) electrons. The van der Waals surface area contributed by atoms with Crippen molar-refractivity contribution in [3.8, 4) is 0 Å². The van der Waals surface area contributed by atoms with Crippen molar-refractivity contribution in [3.05, 3.63) is 50.5 Å². The Morgan fingerprint density at radius 1 is 1.33 bits per heavy atom. The summed E-state index contributed by atoms with van der Waals surface area (Å²) in [4.78, 5) is 24.7. The molecule has 0 saturated heterocycles. The smallest absolute Gasteiger partial charge is 0.355 e. The molecule has 1 aromatic heterocycles. The Morgan fingerprint density at radius 2 is 2.05 bits per heavy atom. The Kier molecular flexibility index (Phi) is 4.31. The highest BCUT2D eigenvalue weighted by Gasteiger charge is 2.20. The molecular formula is C16H18NO4-. The first-order valence-corrected chi connectivity index (χ1v) is 7.04. The molecule has 0 N–H and O–H groups in total. The lowest BCUT2D eigenvalue weighted by Crippen LogP contribution is -2.24. The Balaban J connectivity index is 2.90. The topological polar surface area (TPSA) is 71.4 Å². The SMILES string of the molecule is CCCc1c(C(=O)OCC)n([O-])c2c(C)cccc2c1=O. The van der Waals surface area contributed by atoms with Gasteiger partial charge >= 0.3 is 5.97 Å². The van der Waals surface area contributed by atoms with Crippen molar-refractivity contribution in [2.75, 3.05) is 6.61 Å². The summed E-state index contributed by atoms with van der Waals surface area (Å²) in [5, 5.41) is 12.9. The fraction of sp³-hybridized carbons (Fsp3) is 0.375. The highest BCUT2D eigenvalue weighted by Crippen LogP contribution is 2.20. The molecule has 2 rings (SSSR count). The Labute approximate surface area is 122 Å². The summed E-state index contributed by atoms with van der Waals surface area (Å²) < 4.78 is 5.49. The zero-order valence-electron chi connectivity index (χ0n) is 12.4. The maximum absolute atomic E-state index is 12.6. The molecule has 0 saturated carbocycles. The number of aromatic nitrogens is 1. The van der Waals surface area contributed by atoms with E-state index in [1.165, 1.54) is 0 Å². The minimum absolute atomic E-state index is 0.157. The van der Waals surface area contributed by atoms with Gasteiger partial charge in [0.25, 0.3) is 0 Å². The predicted octanol–water partition coefficient (Wildman–Crippen LogP) is 2.79. The average molecular weight is 288 g/mol. The minimum Gasteiger partial charge on any atom is -0.805 e. The molecule has 0 atom stereocenters. The molecule has 5 heteroatoms. The first-order chi connectivity index (χ1) is 10.0. The number of aryl methyl sites for hydroxylation is 1. The van der Waals surface area contributed by atoms with Crippen LogP contribution in [0.1, 0.15) is 41.9 Å². The molecule has 0 amide bonds. The molecule has 0 aliphatic carbocycles. The number of hydrogen-bond donors (Lipinski definition) is 0. The number of nitrogens with zero attached hydrogens (tertiary/aromatic N) is 1. The molecule has 2 aromatic rings. The van der Waals surface area contributed by atoms with E-state index in [0.29, 0.717) is 28.5 Å². The third-order valence-electron chi connectivity index (χ3n) is 3.42. The third kappa shape index (κ3) is 2.51. The number of esters is 1. The van der Waals surface area contributed by atoms with E-state index in [0.717, 1.165) is 0 Å². The van der Waals surface area contributed by atoms with Crippen LogP contribution >= 0.6 is 0 Å². The molecule has 0 aliphatic rings. The number of ether oxygens (including phenoxy) is 1. The number of benzene rings is 1. The maximum atomic E-state index is 12.6. The number of carbonyl (C=O) groups is 1. The number of para-hydroxylation sites is 1. The lowest BCUT2D eigenvalue weighted by atomic mass is 10.0. The second kappa shape index (κ2) is 5.99. The van der Waals surface area contributed by atoms with E-state index in [1.54, 1.807) is 32.0 Å². The van der Waals surface area contributed by atoms with E-state index in [1.807, 2.05) is 6.92 Å². The van der Waals surface area contributed by atoms with Crippen molar-refractivity contribution >= 4 is 16.9 Å². The lowest BCUT2D eigenvalue weighted by Gasteiger charge is -2.23. The normalized spacial score (nSPS) is 10.8. The predicted molar refractivity (Wildman–Crippen MR) is 81.7 cm³/mol. The minimum atomic E-state index is -0.738. The van der Waals surface area contributed by atoms with Crippen LogP contribution in [0.2, 0.25) is 0 Å². The third-order valence-corrected chi connectivity index (χ3v) is 3.42. The second-order valence-electron chi connectivity index (χ2n) is 4.89. The lowest BCUT2D eigenvalue weighted by molar-refractivity contribution is 0.0515. The van der Waals surface area contributed by atoms with Crippen molar-refractivity contribution in [1.29, 1.82) is 0 Å². The quantitative estimate of drug-likeness (QED) is 0.811. The van der Waals surface area contributed by atoms with Crippen LogP contribution in [0.15, 0.2) is 23.0 Å². The van der Waals surface area contributed by atoms with E-state index in [2.05, 4.69) is 0 Å². The number of carbonyl (C=O) groups excluding carboxylic acids is 1. The van der Waals surface area contributed by atoms with Crippen LogP contribution in [0, 0.1) is 12.1 Å². The van der Waals surface area contributed by atoms with Gasteiger partial charge in [0.05, 0.1) is 12.1 Å². The van der Waals surface area contributed by atoms with Gasteiger partial charge in [0, 0.05) is 10.9 Å². The van der Waals surface area contributed by atoms with Crippen molar-refractivity contribution in [2.24, 2.45) is 0 Å². The summed E-state index contributed by atoms with van der Waals surface area (Å²) in [6, 6.07) is 5.09. The number of rotatable bonds is 4. The summed E-state index contributed by atoms with van der Waals surface area (Å²) in [7, 11) is 0. The average Bonchev–Trinajstić information content (AvgIpc) is 2.44. The molecule has 1 aromatic carbocycles. The molecule has 0 spiro atoms. The summed E-state index contributed by atoms with van der Waals surface area (Å²) in [5.74, 6) is -0.738. The van der Waals surface area contributed by atoms with Crippen LogP contribution in [0.4, 0.5) is 0 Å². The van der Waals surface area contributed by atoms with Crippen molar-refractivity contribution in [2.45, 2.75) is 33.6 Å². The van der Waals surface area contributed by atoms with E-state index in [-0.39, 0.29) is 28.8 Å². The van der Waals surface area contributed by atoms with Crippen molar-refractivity contribution < 1.29 is 9.53 Å². The second-order valence-corrected chi connectivity index (χ2v) is 4.89. The van der Waals surface area contributed by atoms with E-state index in [9.17, 15) is 14.8 Å². The first-order valence-electron chi connectivity index (χ1n) is 7.04. The van der Waals surface area contributed by atoms with Crippen LogP contribution in [-0.2, 0) is 11.2 Å². The Hall–Kier alpha value is -2.30. The zero-order chi connectivity index (χ0) is 15.6. The van der Waals surface area contributed by atoms with E-state index >= 15 is 0 Å². The molecule has 1 heterocycles. The largest absolute Gasteiger partial charge is 0.805 e. The standard InChI is InChI=1S/C16H18NO4/c1-4-7-11-14(16(19)21-5-2)17(20)13-10(3)8-6-9-12(13)15(11)18/h6,8-9H,4-5,7H2,1-3H3/q-1. The summed E-state index contributed by atoms with van der Waals surface area (Å²) in [6.45, 7) is 5.45. The zero-order valence-corrected chi connectivity index (χ0v) is 12.4. The van der Waals surface area contributed by atoms with E-state index in [4.69, 9.17) is 4.74 Å². The highest BCUT2D eigenvalue weighted by molar-refractivity contribution is 5.94. The first kappa shape index (κ1) is 15.1. The molecule has 0 unspecified atom stereocenters. The summed E-state index contributed by atoms with van der Waals surface area (Å²) in [5.41, 5.74) is 0.707. The van der Waals surface area contributed by atoms with Crippen LogP contribution < -0.4 is 5.43 Å². The maximum Gasteiger partial charge on any atom is 0.355 e. The van der Waals surface area contributed by atoms with Gasteiger partial charge in [0.2, 0.25) is 0 Å². The molecule has 0 aliphatic heterocycles. The van der Waals surface area contributed by atoms with Gasteiger partial charge in [-0.3, -0.25) is 4.79 Å². The summed E-state index contributed by atoms with van der Waals surface area (Å²) in [6.07, 6.45) is 1.04. The highest BCUT2D eigenvalue weighted by atomic mass is 16.5. The molecule has 21 heavy (non-hydrogen) atoms. The van der Waals surface area contributed by atoms with Gasteiger partial charge in [0.15, 0.2) is 5.43 Å². The van der Waals surface area contributed by atoms with Gasteiger partial charge in [-0.2, -0.15) is 0 Å². The summed E-state index contributed by atoms with van der Waals surface area (Å²) >= 11 is 0. The number of hydrogen-bond acceptors (Lipinski definition) is 4. The molecule has 5 nitrogen and oxygen atoms in total. The molecule has 0 bridgehead atoms. The Bertz CT molecular complexity index is 746. The van der Waals surface area contributed by atoms with Gasteiger partial charge in [-0.25, -0.2) is 4.79 Å². The van der Waals surface area contributed by atoms with Gasteiger partial charge in [0.1, 0.15) is 5.69 Å². The van der Waals surface area contributed by atoms with Crippen LogP contribution in [0.25, 0.3) is 10.9 Å². The number of pyridine rings is 1. The van der Waals surface area contributed by atoms with E-state index < -0.39 is 5.97 Å². The fourth-order valence-electron chi connectivity index (χ4n) is 2.50. The van der Waals surface area contributed by atoms with Crippen LogP contribution in [0.5, 0.6) is 0 Å². The molecule has 112 valence electrons. The van der Waals surface area contributed by atoms with Gasteiger partial charge < -0.3 is 14.7 Å². The molecular weight excluding hydrogens is 270 g/mol. The fourth-order valence-corrected chi connectivity index (χ4v) is 2.50. The Morgan fingerprint density at radius 3 is 2.67 bits per heavy atom.